The molecule has 3 nitrogen and oxygen atoms in total. The van der Waals surface area contributed by atoms with Gasteiger partial charge in [-0.25, -0.2) is 4.39 Å². The van der Waals surface area contributed by atoms with Gasteiger partial charge in [0.2, 0.25) is 0 Å². The van der Waals surface area contributed by atoms with Crippen LogP contribution in [0.4, 0.5) is 4.39 Å². The van der Waals surface area contributed by atoms with E-state index in [1.165, 1.54) is 17.2 Å². The molecule has 23 heavy (non-hydrogen) atoms. The molecule has 0 saturated carbocycles. The number of methoxy groups -OCH3 is 2. The van der Waals surface area contributed by atoms with Crippen LogP contribution in [-0.4, -0.2) is 25.7 Å². The molecule has 122 valence electrons. The molecule has 0 N–H and O–H groups in total. The molecular weight excluding hydrogens is 361 g/mol. The van der Waals surface area contributed by atoms with E-state index in [1.54, 1.807) is 14.2 Å². The third-order valence-electron chi connectivity index (χ3n) is 4.19. The minimum Gasteiger partial charge on any atom is -0.493 e. The van der Waals surface area contributed by atoms with Crippen LogP contribution >= 0.6 is 15.9 Å². The summed E-state index contributed by atoms with van der Waals surface area (Å²) in [6.07, 6.45) is 0.970. The first-order valence-electron chi connectivity index (χ1n) is 7.50. The summed E-state index contributed by atoms with van der Waals surface area (Å²) in [7, 11) is 3.31. The van der Waals surface area contributed by atoms with Gasteiger partial charge in [0, 0.05) is 19.6 Å². The van der Waals surface area contributed by atoms with E-state index < -0.39 is 0 Å². The van der Waals surface area contributed by atoms with Crippen molar-refractivity contribution >= 4 is 15.9 Å². The van der Waals surface area contributed by atoms with Gasteiger partial charge in [-0.3, -0.25) is 4.90 Å². The summed E-state index contributed by atoms with van der Waals surface area (Å²) in [5.74, 6) is 1.31. The van der Waals surface area contributed by atoms with Crippen LogP contribution in [0, 0.1) is 5.82 Å². The van der Waals surface area contributed by atoms with Gasteiger partial charge in [0.25, 0.3) is 0 Å². The number of ether oxygens (including phenoxy) is 2. The molecule has 2 aromatic carbocycles. The van der Waals surface area contributed by atoms with Gasteiger partial charge in [-0.1, -0.05) is 6.07 Å². The molecule has 0 atom stereocenters. The zero-order chi connectivity index (χ0) is 16.4. The normalized spacial score (nSPS) is 14.4. The number of rotatable bonds is 4. The minimum atomic E-state index is -0.227. The van der Waals surface area contributed by atoms with Gasteiger partial charge < -0.3 is 9.47 Å². The third-order valence-corrected chi connectivity index (χ3v) is 4.79. The standard InChI is InChI=1S/C18H19BrFNO2/c1-22-17-8-13-5-6-21(11-14(13)9-18(17)23-2)10-12-3-4-16(20)15(19)7-12/h3-4,7-9H,5-6,10-11H2,1-2H3. The van der Waals surface area contributed by atoms with Crippen molar-refractivity contribution in [3.63, 3.8) is 0 Å². The molecule has 0 aliphatic carbocycles. The van der Waals surface area contributed by atoms with E-state index in [0.717, 1.165) is 43.1 Å². The first kappa shape index (κ1) is 16.3. The molecule has 0 fully saturated rings. The first-order valence-corrected chi connectivity index (χ1v) is 8.30. The van der Waals surface area contributed by atoms with E-state index in [-0.39, 0.29) is 5.82 Å². The lowest BCUT2D eigenvalue weighted by Crippen LogP contribution is -2.30. The van der Waals surface area contributed by atoms with Crippen molar-refractivity contribution in [2.24, 2.45) is 0 Å². The van der Waals surface area contributed by atoms with Crippen LogP contribution in [0.25, 0.3) is 0 Å². The van der Waals surface area contributed by atoms with Gasteiger partial charge >= 0.3 is 0 Å². The Labute approximate surface area is 144 Å². The summed E-state index contributed by atoms with van der Waals surface area (Å²) in [4.78, 5) is 2.36. The lowest BCUT2D eigenvalue weighted by atomic mass is 9.98. The average Bonchev–Trinajstić information content (AvgIpc) is 2.56. The fourth-order valence-electron chi connectivity index (χ4n) is 2.97. The maximum atomic E-state index is 13.3. The van der Waals surface area contributed by atoms with Gasteiger partial charge in [0.05, 0.1) is 18.7 Å². The van der Waals surface area contributed by atoms with Crippen LogP contribution in [0.5, 0.6) is 11.5 Å². The van der Waals surface area contributed by atoms with Crippen molar-refractivity contribution in [2.45, 2.75) is 19.5 Å². The Morgan fingerprint density at radius 2 is 1.78 bits per heavy atom. The van der Waals surface area contributed by atoms with Crippen molar-refractivity contribution in [1.82, 2.24) is 4.90 Å². The predicted molar refractivity (Wildman–Crippen MR) is 91.5 cm³/mol. The number of fused-ring (bicyclic) bond motifs is 1. The highest BCUT2D eigenvalue weighted by molar-refractivity contribution is 9.10. The van der Waals surface area contributed by atoms with Gasteiger partial charge in [0.15, 0.2) is 11.5 Å². The molecule has 0 radical (unpaired) electrons. The zero-order valence-electron chi connectivity index (χ0n) is 13.2. The van der Waals surface area contributed by atoms with Crippen molar-refractivity contribution in [3.8, 4) is 11.5 Å². The maximum absolute atomic E-state index is 13.3. The lowest BCUT2D eigenvalue weighted by molar-refractivity contribution is 0.244. The number of benzene rings is 2. The van der Waals surface area contributed by atoms with E-state index in [4.69, 9.17) is 9.47 Å². The maximum Gasteiger partial charge on any atom is 0.161 e. The van der Waals surface area contributed by atoms with Gasteiger partial charge in [-0.15, -0.1) is 0 Å². The van der Waals surface area contributed by atoms with Crippen LogP contribution in [0.15, 0.2) is 34.8 Å². The largest absolute Gasteiger partial charge is 0.493 e. The van der Waals surface area contributed by atoms with E-state index in [1.807, 2.05) is 12.1 Å². The molecule has 0 aromatic heterocycles. The number of hydrogen-bond acceptors (Lipinski definition) is 3. The third kappa shape index (κ3) is 3.51. The second kappa shape index (κ2) is 6.89. The fourth-order valence-corrected chi connectivity index (χ4v) is 3.40. The van der Waals surface area contributed by atoms with Crippen LogP contribution in [0.2, 0.25) is 0 Å². The van der Waals surface area contributed by atoms with Crippen LogP contribution < -0.4 is 9.47 Å². The molecule has 5 heteroatoms. The van der Waals surface area contributed by atoms with Crippen molar-refractivity contribution in [1.29, 1.82) is 0 Å². The number of halogens is 2. The summed E-state index contributed by atoms with van der Waals surface area (Å²) in [5, 5.41) is 0. The number of nitrogens with zero attached hydrogens (tertiary/aromatic N) is 1. The minimum absolute atomic E-state index is 0.227. The highest BCUT2D eigenvalue weighted by Gasteiger charge is 2.19. The topological polar surface area (TPSA) is 21.7 Å². The van der Waals surface area contributed by atoms with Crippen LogP contribution in [0.1, 0.15) is 16.7 Å². The second-order valence-electron chi connectivity index (χ2n) is 5.69. The summed E-state index contributed by atoms with van der Waals surface area (Å²) in [6, 6.07) is 9.32. The Balaban J connectivity index is 1.78. The molecule has 0 amide bonds. The molecular formula is C18H19BrFNO2. The predicted octanol–water partition coefficient (Wildman–Crippen LogP) is 4.16. The van der Waals surface area contributed by atoms with Crippen molar-refractivity contribution < 1.29 is 13.9 Å². The van der Waals surface area contributed by atoms with Crippen molar-refractivity contribution in [3.05, 3.63) is 57.3 Å². The van der Waals surface area contributed by atoms with E-state index in [2.05, 4.69) is 33.0 Å². The molecule has 2 aromatic rings. The SMILES string of the molecule is COc1cc2c(cc1OC)CN(Cc1ccc(F)c(Br)c1)CC2. The zero-order valence-corrected chi connectivity index (χ0v) is 14.8. The molecule has 3 rings (SSSR count). The molecule has 0 bridgehead atoms. The monoisotopic (exact) mass is 379 g/mol. The summed E-state index contributed by atoms with van der Waals surface area (Å²) in [6.45, 7) is 2.62. The summed E-state index contributed by atoms with van der Waals surface area (Å²) < 4.78 is 24.6. The Bertz CT molecular complexity index is 720. The molecule has 0 unspecified atom stereocenters. The van der Waals surface area contributed by atoms with Crippen LogP contribution in [0.3, 0.4) is 0 Å². The van der Waals surface area contributed by atoms with Gasteiger partial charge in [-0.05, 0) is 63.3 Å². The average molecular weight is 380 g/mol. The van der Waals surface area contributed by atoms with E-state index in [0.29, 0.717) is 4.47 Å². The smallest absolute Gasteiger partial charge is 0.161 e. The molecule has 0 saturated heterocycles. The molecule has 0 spiro atoms. The second-order valence-corrected chi connectivity index (χ2v) is 6.54. The summed E-state index contributed by atoms with van der Waals surface area (Å²) in [5.41, 5.74) is 3.66. The van der Waals surface area contributed by atoms with Crippen LogP contribution in [-0.2, 0) is 19.5 Å². The molecule has 1 aliphatic heterocycles. The van der Waals surface area contributed by atoms with E-state index in [9.17, 15) is 4.39 Å². The van der Waals surface area contributed by atoms with Crippen molar-refractivity contribution in [2.75, 3.05) is 20.8 Å². The first-order chi connectivity index (χ1) is 11.1. The Morgan fingerprint density at radius 3 is 2.43 bits per heavy atom. The lowest BCUT2D eigenvalue weighted by Gasteiger charge is -2.29. The highest BCUT2D eigenvalue weighted by Crippen LogP contribution is 2.33. The number of hydrogen-bond donors (Lipinski definition) is 0. The van der Waals surface area contributed by atoms with Gasteiger partial charge in [-0.2, -0.15) is 0 Å². The highest BCUT2D eigenvalue weighted by atomic mass is 79.9. The Kier molecular flexibility index (Phi) is 4.87. The Hall–Kier alpha value is -1.59. The Morgan fingerprint density at radius 1 is 1.09 bits per heavy atom. The molecule has 1 aliphatic rings. The van der Waals surface area contributed by atoms with Gasteiger partial charge in [0.1, 0.15) is 5.82 Å². The quantitative estimate of drug-likeness (QED) is 0.795. The summed E-state index contributed by atoms with van der Waals surface area (Å²) >= 11 is 3.25. The van der Waals surface area contributed by atoms with E-state index >= 15 is 0 Å². The fraction of sp³-hybridized carbons (Fsp3) is 0.333. The molecule has 1 heterocycles.